The van der Waals surface area contributed by atoms with Gasteiger partial charge in [-0.25, -0.2) is 0 Å². The first kappa shape index (κ1) is 39.4. The predicted octanol–water partition coefficient (Wildman–Crippen LogP) is 12.8. The Bertz CT molecular complexity index is 913. The maximum Gasteiger partial charge on any atom is 0.306 e. The van der Waals surface area contributed by atoms with Crippen molar-refractivity contribution in [1.29, 1.82) is 0 Å². The van der Waals surface area contributed by atoms with E-state index in [4.69, 9.17) is 4.74 Å². The Morgan fingerprint density at radius 3 is 1.45 bits per heavy atom. The first-order valence-corrected chi connectivity index (χ1v) is 16.7. The molecule has 0 N–H and O–H groups in total. The number of carbonyl (C=O) groups is 1. The minimum Gasteiger partial charge on any atom is -0.461 e. The van der Waals surface area contributed by atoms with Crippen LogP contribution in [0.15, 0.2) is 95.2 Å². The van der Waals surface area contributed by atoms with Gasteiger partial charge in [-0.05, 0) is 124 Å². The number of hydrogen-bond donors (Lipinski definition) is 0. The first-order valence-electron chi connectivity index (χ1n) is 16.7. The molecule has 0 aliphatic heterocycles. The number of unbranched alkanes of at least 4 members (excludes halogenated alkanes) is 4. The van der Waals surface area contributed by atoms with Crippen LogP contribution in [0.25, 0.3) is 0 Å². The summed E-state index contributed by atoms with van der Waals surface area (Å²) >= 11 is 0. The quantitative estimate of drug-likeness (QED) is 0.0614. The fraction of sp³-hybridized carbons (Fsp3) is 0.575. The van der Waals surface area contributed by atoms with Crippen molar-refractivity contribution in [3.8, 4) is 0 Å². The zero-order chi connectivity index (χ0) is 31.1. The lowest BCUT2D eigenvalue weighted by Gasteiger charge is -2.04. The molecule has 42 heavy (non-hydrogen) atoms. The molecule has 0 aromatic heterocycles. The van der Waals surface area contributed by atoms with Gasteiger partial charge in [-0.1, -0.05) is 109 Å². The highest BCUT2D eigenvalue weighted by Crippen LogP contribution is 2.13. The maximum absolute atomic E-state index is 12.0. The molecule has 0 fully saturated rings. The van der Waals surface area contributed by atoms with Gasteiger partial charge in [0.1, 0.15) is 6.61 Å². The summed E-state index contributed by atoms with van der Waals surface area (Å²) in [5.41, 5.74) is 5.63. The molecule has 0 unspecified atom stereocenters. The molecule has 0 saturated carbocycles. The second kappa shape index (κ2) is 29.9. The van der Waals surface area contributed by atoms with Crippen LogP contribution in [0.3, 0.4) is 0 Å². The number of ether oxygens (including phenoxy) is 1. The molecular formula is C40H64O2. The Balaban J connectivity index is 3.85. The largest absolute Gasteiger partial charge is 0.461 e. The van der Waals surface area contributed by atoms with E-state index >= 15 is 0 Å². The summed E-state index contributed by atoms with van der Waals surface area (Å²) in [7, 11) is 0. The topological polar surface area (TPSA) is 26.3 Å². The Morgan fingerprint density at radius 2 is 0.952 bits per heavy atom. The molecule has 2 heteroatoms. The normalized spacial score (nSPS) is 13.3. The smallest absolute Gasteiger partial charge is 0.306 e. The van der Waals surface area contributed by atoms with E-state index in [1.807, 2.05) is 6.08 Å². The van der Waals surface area contributed by atoms with Gasteiger partial charge in [-0.2, -0.15) is 0 Å². The SMILES string of the molecule is CCCCC/C=C\C/C=C\C/C=C\C/C=C\CCCC(=O)OC/C=C(\C)CC/C=C(\C)CC/C=C(\C)CCC=C(C)C. The molecule has 0 aliphatic rings. The fourth-order valence-electron chi connectivity index (χ4n) is 4.26. The van der Waals surface area contributed by atoms with Crippen LogP contribution < -0.4 is 0 Å². The van der Waals surface area contributed by atoms with Crippen molar-refractivity contribution in [1.82, 2.24) is 0 Å². The minimum atomic E-state index is -0.102. The molecule has 0 rings (SSSR count). The Hall–Kier alpha value is -2.61. The summed E-state index contributed by atoms with van der Waals surface area (Å²) in [6, 6.07) is 0. The van der Waals surface area contributed by atoms with E-state index in [2.05, 4.69) is 108 Å². The minimum absolute atomic E-state index is 0.102. The lowest BCUT2D eigenvalue weighted by atomic mass is 10.0. The fourth-order valence-corrected chi connectivity index (χ4v) is 4.26. The van der Waals surface area contributed by atoms with E-state index in [1.54, 1.807) is 0 Å². The lowest BCUT2D eigenvalue weighted by Crippen LogP contribution is -2.04. The highest BCUT2D eigenvalue weighted by Gasteiger charge is 2.00. The molecule has 0 bridgehead atoms. The van der Waals surface area contributed by atoms with E-state index < -0.39 is 0 Å². The van der Waals surface area contributed by atoms with Crippen LogP contribution in [0.2, 0.25) is 0 Å². The van der Waals surface area contributed by atoms with Gasteiger partial charge in [0.05, 0.1) is 0 Å². The molecule has 2 nitrogen and oxygen atoms in total. The number of carbonyl (C=O) groups excluding carboxylic acids is 1. The lowest BCUT2D eigenvalue weighted by molar-refractivity contribution is -0.142. The van der Waals surface area contributed by atoms with Gasteiger partial charge in [-0.15, -0.1) is 0 Å². The summed E-state index contributed by atoms with van der Waals surface area (Å²) < 4.78 is 5.40. The van der Waals surface area contributed by atoms with Crippen LogP contribution in [0, 0.1) is 0 Å². The summed E-state index contributed by atoms with van der Waals surface area (Å²) in [6.07, 6.45) is 43.9. The third-order valence-electron chi connectivity index (χ3n) is 7.04. The molecule has 0 heterocycles. The van der Waals surface area contributed by atoms with Crippen molar-refractivity contribution < 1.29 is 9.53 Å². The van der Waals surface area contributed by atoms with E-state index in [1.165, 1.54) is 48.0 Å². The van der Waals surface area contributed by atoms with Crippen LogP contribution in [-0.2, 0) is 9.53 Å². The summed E-state index contributed by atoms with van der Waals surface area (Å²) in [5.74, 6) is -0.102. The van der Waals surface area contributed by atoms with Crippen LogP contribution in [0.5, 0.6) is 0 Å². The molecule has 0 aliphatic carbocycles. The summed E-state index contributed by atoms with van der Waals surface area (Å²) in [4.78, 5) is 12.0. The first-order chi connectivity index (χ1) is 20.3. The molecule has 0 atom stereocenters. The molecule has 0 aromatic carbocycles. The highest BCUT2D eigenvalue weighted by molar-refractivity contribution is 5.69. The number of allylic oxidation sites excluding steroid dienone is 15. The van der Waals surface area contributed by atoms with Gasteiger partial charge in [-0.3, -0.25) is 4.79 Å². The highest BCUT2D eigenvalue weighted by atomic mass is 16.5. The molecule has 0 radical (unpaired) electrons. The van der Waals surface area contributed by atoms with Gasteiger partial charge in [0.2, 0.25) is 0 Å². The van der Waals surface area contributed by atoms with Gasteiger partial charge in [0.15, 0.2) is 0 Å². The third kappa shape index (κ3) is 30.4. The Morgan fingerprint density at radius 1 is 0.500 bits per heavy atom. The van der Waals surface area contributed by atoms with Crippen LogP contribution in [0.1, 0.15) is 144 Å². The van der Waals surface area contributed by atoms with Crippen molar-refractivity contribution in [2.75, 3.05) is 6.61 Å². The Labute approximate surface area is 261 Å². The second-order valence-electron chi connectivity index (χ2n) is 11.7. The number of hydrogen-bond acceptors (Lipinski definition) is 2. The van der Waals surface area contributed by atoms with Gasteiger partial charge >= 0.3 is 5.97 Å². The number of esters is 1. The van der Waals surface area contributed by atoms with E-state index in [9.17, 15) is 4.79 Å². The van der Waals surface area contributed by atoms with Crippen LogP contribution >= 0.6 is 0 Å². The van der Waals surface area contributed by atoms with Gasteiger partial charge in [0.25, 0.3) is 0 Å². The molecular weight excluding hydrogens is 512 g/mol. The maximum atomic E-state index is 12.0. The molecule has 0 amide bonds. The van der Waals surface area contributed by atoms with Crippen molar-refractivity contribution in [3.63, 3.8) is 0 Å². The predicted molar refractivity (Wildman–Crippen MR) is 188 cm³/mol. The van der Waals surface area contributed by atoms with Gasteiger partial charge in [0, 0.05) is 6.42 Å². The molecule has 0 saturated heterocycles. The molecule has 0 aromatic rings. The van der Waals surface area contributed by atoms with Crippen molar-refractivity contribution in [2.45, 2.75) is 144 Å². The zero-order valence-electron chi connectivity index (χ0n) is 28.3. The summed E-state index contributed by atoms with van der Waals surface area (Å²) in [5, 5.41) is 0. The average Bonchev–Trinajstić information content (AvgIpc) is 2.94. The average molecular weight is 577 g/mol. The van der Waals surface area contributed by atoms with Crippen LogP contribution in [0.4, 0.5) is 0 Å². The van der Waals surface area contributed by atoms with E-state index in [0.29, 0.717) is 13.0 Å². The molecule has 236 valence electrons. The Kier molecular flexibility index (Phi) is 28.0. The van der Waals surface area contributed by atoms with Crippen molar-refractivity contribution >= 4 is 5.97 Å². The van der Waals surface area contributed by atoms with Gasteiger partial charge < -0.3 is 4.74 Å². The monoisotopic (exact) mass is 576 g/mol. The second-order valence-corrected chi connectivity index (χ2v) is 11.7. The van der Waals surface area contributed by atoms with E-state index in [-0.39, 0.29) is 5.97 Å². The third-order valence-corrected chi connectivity index (χ3v) is 7.04. The van der Waals surface area contributed by atoms with Crippen molar-refractivity contribution in [3.05, 3.63) is 95.2 Å². The number of rotatable bonds is 25. The van der Waals surface area contributed by atoms with E-state index in [0.717, 1.165) is 70.6 Å². The summed E-state index contributed by atoms with van der Waals surface area (Å²) in [6.45, 7) is 13.5. The van der Waals surface area contributed by atoms with Crippen molar-refractivity contribution in [2.24, 2.45) is 0 Å². The standard InChI is InChI=1S/C40H64O2/c1-7-8-9-10-11-12-13-14-15-16-17-18-19-20-21-22-23-33-40(41)42-35-34-39(6)32-26-31-38(5)30-25-29-37(4)28-24-27-36(2)3/h11-12,14-15,17-18,20-21,27,29,31,34H,7-10,13,16,19,22-26,28,30,32-33,35H2,1-6H3/b12-11-,15-14-,18-17-,21-20-,37-29+,38-31+,39-34+. The zero-order valence-corrected chi connectivity index (χ0v) is 28.3. The van der Waals surface area contributed by atoms with Crippen LogP contribution in [-0.4, -0.2) is 12.6 Å². The molecule has 0 spiro atoms.